The van der Waals surface area contributed by atoms with Crippen LogP contribution in [0, 0.1) is 5.82 Å². The molecule has 1 atom stereocenters. The molecule has 1 N–H and O–H groups in total. The van der Waals surface area contributed by atoms with Crippen molar-refractivity contribution in [2.24, 2.45) is 0 Å². The van der Waals surface area contributed by atoms with Crippen LogP contribution in [0.15, 0.2) is 46.7 Å². The normalized spacial score (nSPS) is 19.7. The number of imide groups is 1. The SMILES string of the molecule is CC[C@@]1(c2ccc(F)cc2)NC(=O)N(Cc2cc(=O)n3ccsc3n2)C1=O. The van der Waals surface area contributed by atoms with E-state index >= 15 is 0 Å². The molecule has 27 heavy (non-hydrogen) atoms. The van der Waals surface area contributed by atoms with Crippen LogP contribution in [-0.4, -0.2) is 26.2 Å². The highest BCUT2D eigenvalue weighted by atomic mass is 32.1. The molecule has 1 saturated heterocycles. The first-order valence-electron chi connectivity index (χ1n) is 8.30. The molecule has 1 aromatic carbocycles. The van der Waals surface area contributed by atoms with E-state index in [-0.39, 0.29) is 12.1 Å². The predicted molar refractivity (Wildman–Crippen MR) is 96.8 cm³/mol. The smallest absolute Gasteiger partial charge is 0.319 e. The van der Waals surface area contributed by atoms with Gasteiger partial charge in [-0.05, 0) is 24.1 Å². The van der Waals surface area contributed by atoms with Gasteiger partial charge < -0.3 is 5.32 Å². The van der Waals surface area contributed by atoms with Crippen molar-refractivity contribution in [2.45, 2.75) is 25.4 Å². The molecule has 0 radical (unpaired) electrons. The van der Waals surface area contributed by atoms with Crippen molar-refractivity contribution < 1.29 is 14.0 Å². The summed E-state index contributed by atoms with van der Waals surface area (Å²) in [5.41, 5.74) is -0.693. The van der Waals surface area contributed by atoms with Crippen LogP contribution in [0.3, 0.4) is 0 Å². The lowest BCUT2D eigenvalue weighted by Gasteiger charge is -2.25. The maximum Gasteiger partial charge on any atom is 0.325 e. The fraction of sp³-hybridized carbons (Fsp3) is 0.222. The molecule has 9 heteroatoms. The minimum absolute atomic E-state index is 0.114. The zero-order valence-electron chi connectivity index (χ0n) is 14.3. The van der Waals surface area contributed by atoms with Crippen molar-refractivity contribution in [2.75, 3.05) is 0 Å². The van der Waals surface area contributed by atoms with Crippen molar-refractivity contribution >= 4 is 28.2 Å². The van der Waals surface area contributed by atoms with E-state index in [9.17, 15) is 18.8 Å². The summed E-state index contributed by atoms with van der Waals surface area (Å²) in [4.78, 5) is 43.6. The molecule has 0 saturated carbocycles. The minimum Gasteiger partial charge on any atom is -0.319 e. The number of rotatable bonds is 4. The summed E-state index contributed by atoms with van der Waals surface area (Å²) in [5.74, 6) is -0.873. The highest BCUT2D eigenvalue weighted by Crippen LogP contribution is 2.33. The molecule has 3 heterocycles. The number of benzene rings is 1. The van der Waals surface area contributed by atoms with Gasteiger partial charge in [0.15, 0.2) is 4.96 Å². The Morgan fingerprint density at radius 1 is 1.22 bits per heavy atom. The highest BCUT2D eigenvalue weighted by Gasteiger charge is 2.51. The second kappa shape index (κ2) is 6.27. The lowest BCUT2D eigenvalue weighted by molar-refractivity contribution is -0.132. The monoisotopic (exact) mass is 386 g/mol. The summed E-state index contributed by atoms with van der Waals surface area (Å²) >= 11 is 1.29. The third-order valence-corrected chi connectivity index (χ3v) is 5.48. The van der Waals surface area contributed by atoms with Gasteiger partial charge in [-0.15, -0.1) is 11.3 Å². The van der Waals surface area contributed by atoms with Crippen LogP contribution in [-0.2, 0) is 16.9 Å². The maximum absolute atomic E-state index is 13.3. The molecule has 0 unspecified atom stereocenters. The maximum atomic E-state index is 13.3. The lowest BCUT2D eigenvalue weighted by Crippen LogP contribution is -2.43. The number of carbonyl (C=O) groups excluding carboxylic acids is 2. The van der Waals surface area contributed by atoms with E-state index in [1.165, 1.54) is 46.1 Å². The zero-order valence-corrected chi connectivity index (χ0v) is 15.1. The third-order valence-electron chi connectivity index (χ3n) is 4.72. The first kappa shape index (κ1) is 17.3. The number of hydrogen-bond acceptors (Lipinski definition) is 5. The van der Waals surface area contributed by atoms with Crippen molar-refractivity contribution in [3.63, 3.8) is 0 Å². The fourth-order valence-corrected chi connectivity index (χ4v) is 4.01. The predicted octanol–water partition coefficient (Wildman–Crippen LogP) is 2.25. The number of halogens is 1. The topological polar surface area (TPSA) is 83.8 Å². The van der Waals surface area contributed by atoms with Gasteiger partial charge in [-0.25, -0.2) is 14.2 Å². The molecule has 4 rings (SSSR count). The number of urea groups is 1. The summed E-state index contributed by atoms with van der Waals surface area (Å²) in [7, 11) is 0. The van der Waals surface area contributed by atoms with E-state index < -0.39 is 23.3 Å². The van der Waals surface area contributed by atoms with E-state index in [2.05, 4.69) is 10.3 Å². The number of aromatic nitrogens is 2. The summed E-state index contributed by atoms with van der Waals surface area (Å²) in [6.45, 7) is 1.66. The Labute approximate surface area is 157 Å². The summed E-state index contributed by atoms with van der Waals surface area (Å²) in [6.07, 6.45) is 1.92. The van der Waals surface area contributed by atoms with Crippen molar-refractivity contribution in [3.8, 4) is 0 Å². The molecule has 3 amide bonds. The Balaban J connectivity index is 1.69. The van der Waals surface area contributed by atoms with E-state index in [0.29, 0.717) is 22.6 Å². The number of thiazole rings is 1. The Bertz CT molecular complexity index is 1110. The number of fused-ring (bicyclic) bond motifs is 1. The standard InChI is InChI=1S/C18H15FN4O3S/c1-2-18(11-3-5-12(19)6-4-11)15(25)23(16(26)21-18)10-13-9-14(24)22-7-8-27-17(22)20-13/h3-9H,2,10H2,1H3,(H,21,26)/t18-/m0/s1. The quantitative estimate of drug-likeness (QED) is 0.697. The molecule has 1 fully saturated rings. The molecule has 7 nitrogen and oxygen atoms in total. The first-order valence-corrected chi connectivity index (χ1v) is 9.18. The largest absolute Gasteiger partial charge is 0.325 e. The van der Waals surface area contributed by atoms with Gasteiger partial charge in [0, 0.05) is 17.6 Å². The Kier molecular flexibility index (Phi) is 4.03. The molecule has 0 aliphatic carbocycles. The lowest BCUT2D eigenvalue weighted by atomic mass is 9.87. The molecule has 1 aliphatic heterocycles. The van der Waals surface area contributed by atoms with Gasteiger partial charge in [0.05, 0.1) is 12.2 Å². The molecular weight excluding hydrogens is 371 g/mol. The van der Waals surface area contributed by atoms with E-state index in [1.807, 2.05) is 0 Å². The van der Waals surface area contributed by atoms with Gasteiger partial charge in [-0.3, -0.25) is 18.9 Å². The van der Waals surface area contributed by atoms with Gasteiger partial charge in [-0.2, -0.15) is 0 Å². The van der Waals surface area contributed by atoms with E-state index in [0.717, 1.165) is 4.90 Å². The van der Waals surface area contributed by atoms with Crippen LogP contribution in [0.2, 0.25) is 0 Å². The average Bonchev–Trinajstić information content (AvgIpc) is 3.21. The number of hydrogen-bond donors (Lipinski definition) is 1. The van der Waals surface area contributed by atoms with Crippen LogP contribution in [0.1, 0.15) is 24.6 Å². The van der Waals surface area contributed by atoms with Crippen LogP contribution < -0.4 is 10.9 Å². The first-order chi connectivity index (χ1) is 12.9. The molecule has 2 aromatic heterocycles. The number of amides is 3. The van der Waals surface area contributed by atoms with Gasteiger partial charge in [0.25, 0.3) is 11.5 Å². The number of nitrogens with zero attached hydrogens (tertiary/aromatic N) is 3. The third kappa shape index (κ3) is 2.71. The Morgan fingerprint density at radius 3 is 2.67 bits per heavy atom. The average molecular weight is 386 g/mol. The molecule has 1 aliphatic rings. The van der Waals surface area contributed by atoms with Crippen molar-refractivity contribution in [1.82, 2.24) is 19.6 Å². The van der Waals surface area contributed by atoms with Crippen LogP contribution in [0.5, 0.6) is 0 Å². The van der Waals surface area contributed by atoms with Crippen LogP contribution in [0.25, 0.3) is 4.96 Å². The molecule has 3 aromatic rings. The summed E-state index contributed by atoms with van der Waals surface area (Å²) in [5, 5.41) is 4.46. The number of nitrogens with one attached hydrogen (secondary N) is 1. The highest BCUT2D eigenvalue weighted by molar-refractivity contribution is 7.15. The molecule has 0 bridgehead atoms. The molecule has 0 spiro atoms. The Morgan fingerprint density at radius 2 is 1.96 bits per heavy atom. The van der Waals surface area contributed by atoms with Crippen molar-refractivity contribution in [1.29, 1.82) is 0 Å². The van der Waals surface area contributed by atoms with Crippen molar-refractivity contribution in [3.05, 3.63) is 69.3 Å². The van der Waals surface area contributed by atoms with Gasteiger partial charge in [0.2, 0.25) is 0 Å². The molecule has 138 valence electrons. The molecular formula is C18H15FN4O3S. The minimum atomic E-state index is -1.26. The Hall–Kier alpha value is -3.07. The summed E-state index contributed by atoms with van der Waals surface area (Å²) < 4.78 is 14.7. The fourth-order valence-electron chi connectivity index (χ4n) is 3.27. The van der Waals surface area contributed by atoms with Gasteiger partial charge in [0.1, 0.15) is 11.4 Å². The van der Waals surface area contributed by atoms with Crippen LogP contribution in [0.4, 0.5) is 9.18 Å². The summed E-state index contributed by atoms with van der Waals surface area (Å²) in [6, 6.07) is 6.22. The van der Waals surface area contributed by atoms with E-state index in [1.54, 1.807) is 18.5 Å². The number of carbonyl (C=O) groups is 2. The zero-order chi connectivity index (χ0) is 19.2. The second-order valence-corrected chi connectivity index (χ2v) is 7.10. The van der Waals surface area contributed by atoms with Gasteiger partial charge in [-0.1, -0.05) is 19.1 Å². The second-order valence-electron chi connectivity index (χ2n) is 6.23. The van der Waals surface area contributed by atoms with E-state index in [4.69, 9.17) is 0 Å². The van der Waals surface area contributed by atoms with Gasteiger partial charge >= 0.3 is 6.03 Å². The van der Waals surface area contributed by atoms with Crippen LogP contribution >= 0.6 is 11.3 Å².